The Kier molecular flexibility index (Phi) is 5.17. The highest BCUT2D eigenvalue weighted by Crippen LogP contribution is 2.39. The van der Waals surface area contributed by atoms with Crippen LogP contribution in [0.15, 0.2) is 0 Å². The molecule has 2 aliphatic rings. The number of rotatable bonds is 6. The van der Waals surface area contributed by atoms with Gasteiger partial charge in [-0.05, 0) is 44.6 Å². The van der Waals surface area contributed by atoms with E-state index in [1.165, 1.54) is 60.8 Å². The van der Waals surface area contributed by atoms with Crippen molar-refractivity contribution in [2.45, 2.75) is 71.4 Å². The lowest BCUT2D eigenvalue weighted by molar-refractivity contribution is 0.430. The molecule has 3 nitrogen and oxygen atoms in total. The first-order valence-electron chi connectivity index (χ1n) is 8.79. The van der Waals surface area contributed by atoms with E-state index in [1.807, 2.05) is 11.3 Å². The Morgan fingerprint density at radius 3 is 2.71 bits per heavy atom. The summed E-state index contributed by atoms with van der Waals surface area (Å²) >= 11 is 1.94. The standard InChI is InChI=1S/C17H29N3S/c1-3-14-16(12-18-4-2)21-17(19-14)20-11-7-10-15(20)13-8-5-6-9-13/h13,15,18H,3-12H2,1-2H3. The molecule has 1 unspecified atom stereocenters. The molecule has 1 aromatic rings. The predicted molar refractivity (Wildman–Crippen MR) is 91.2 cm³/mol. The smallest absolute Gasteiger partial charge is 0.186 e. The minimum Gasteiger partial charge on any atom is -0.345 e. The first kappa shape index (κ1) is 15.3. The molecule has 0 amide bonds. The van der Waals surface area contributed by atoms with Crippen LogP contribution in [0.5, 0.6) is 0 Å². The van der Waals surface area contributed by atoms with Gasteiger partial charge in [-0.3, -0.25) is 0 Å². The van der Waals surface area contributed by atoms with Crippen LogP contribution in [-0.4, -0.2) is 24.1 Å². The van der Waals surface area contributed by atoms with Crippen LogP contribution < -0.4 is 10.2 Å². The van der Waals surface area contributed by atoms with Crippen molar-refractivity contribution in [1.29, 1.82) is 0 Å². The topological polar surface area (TPSA) is 28.2 Å². The quantitative estimate of drug-likeness (QED) is 0.862. The Balaban J connectivity index is 1.76. The van der Waals surface area contributed by atoms with Crippen molar-refractivity contribution in [3.8, 4) is 0 Å². The Hall–Kier alpha value is -0.610. The van der Waals surface area contributed by atoms with E-state index in [2.05, 4.69) is 24.1 Å². The average Bonchev–Trinajstić information content (AvgIpc) is 3.21. The highest BCUT2D eigenvalue weighted by Gasteiger charge is 2.34. The molecule has 0 aromatic carbocycles. The van der Waals surface area contributed by atoms with Crippen molar-refractivity contribution >= 4 is 16.5 Å². The fourth-order valence-corrected chi connectivity index (χ4v) is 5.21. The number of anilines is 1. The van der Waals surface area contributed by atoms with Gasteiger partial charge >= 0.3 is 0 Å². The van der Waals surface area contributed by atoms with Crippen LogP contribution in [-0.2, 0) is 13.0 Å². The normalized spacial score (nSPS) is 23.3. The van der Waals surface area contributed by atoms with E-state index in [0.29, 0.717) is 0 Å². The van der Waals surface area contributed by atoms with Crippen LogP contribution in [0.1, 0.15) is 62.9 Å². The van der Waals surface area contributed by atoms with Crippen molar-refractivity contribution in [3.05, 3.63) is 10.6 Å². The maximum atomic E-state index is 4.99. The number of aromatic nitrogens is 1. The molecule has 1 aliphatic carbocycles. The molecule has 0 bridgehead atoms. The molecule has 2 heterocycles. The number of nitrogens with one attached hydrogen (secondary N) is 1. The summed E-state index contributed by atoms with van der Waals surface area (Å²) in [6.45, 7) is 7.64. The summed E-state index contributed by atoms with van der Waals surface area (Å²) in [7, 11) is 0. The third kappa shape index (κ3) is 3.26. The maximum absolute atomic E-state index is 4.99. The number of thiazole rings is 1. The lowest BCUT2D eigenvalue weighted by atomic mass is 9.96. The summed E-state index contributed by atoms with van der Waals surface area (Å²) in [5, 5.41) is 4.76. The van der Waals surface area contributed by atoms with Gasteiger partial charge in [0.05, 0.1) is 5.69 Å². The summed E-state index contributed by atoms with van der Waals surface area (Å²) < 4.78 is 0. The van der Waals surface area contributed by atoms with Gasteiger partial charge in [-0.2, -0.15) is 0 Å². The number of nitrogens with zero attached hydrogens (tertiary/aromatic N) is 2. The molecule has 1 aromatic heterocycles. The molecule has 1 N–H and O–H groups in total. The van der Waals surface area contributed by atoms with E-state index in [1.54, 1.807) is 0 Å². The first-order chi connectivity index (χ1) is 10.3. The zero-order chi connectivity index (χ0) is 14.7. The second kappa shape index (κ2) is 7.10. The Morgan fingerprint density at radius 2 is 2.00 bits per heavy atom. The minimum absolute atomic E-state index is 0.773. The fraction of sp³-hybridized carbons (Fsp3) is 0.824. The molecule has 1 aliphatic heterocycles. The van der Waals surface area contributed by atoms with Crippen molar-refractivity contribution in [2.75, 3.05) is 18.0 Å². The van der Waals surface area contributed by atoms with Crippen LogP contribution in [0.4, 0.5) is 5.13 Å². The van der Waals surface area contributed by atoms with Gasteiger partial charge in [0.2, 0.25) is 0 Å². The summed E-state index contributed by atoms with van der Waals surface area (Å²) in [5.41, 5.74) is 1.31. The Labute approximate surface area is 133 Å². The van der Waals surface area contributed by atoms with Crippen LogP contribution in [0.3, 0.4) is 0 Å². The van der Waals surface area contributed by atoms with E-state index < -0.39 is 0 Å². The highest BCUT2D eigenvalue weighted by molar-refractivity contribution is 7.15. The molecule has 4 heteroatoms. The van der Waals surface area contributed by atoms with Gasteiger partial charge in [-0.1, -0.05) is 26.7 Å². The number of hydrogen-bond donors (Lipinski definition) is 1. The van der Waals surface area contributed by atoms with Gasteiger partial charge in [0.1, 0.15) is 0 Å². The third-order valence-electron chi connectivity index (χ3n) is 5.13. The van der Waals surface area contributed by atoms with Gasteiger partial charge in [0.15, 0.2) is 5.13 Å². The summed E-state index contributed by atoms with van der Waals surface area (Å²) in [6, 6.07) is 0.773. The van der Waals surface area contributed by atoms with Crippen LogP contribution in [0.2, 0.25) is 0 Å². The molecule has 118 valence electrons. The van der Waals surface area contributed by atoms with Crippen molar-refractivity contribution in [3.63, 3.8) is 0 Å². The molecular weight excluding hydrogens is 278 g/mol. The molecule has 21 heavy (non-hydrogen) atoms. The molecule has 0 spiro atoms. The zero-order valence-electron chi connectivity index (χ0n) is 13.5. The number of aryl methyl sites for hydroxylation is 1. The Morgan fingerprint density at radius 1 is 1.19 bits per heavy atom. The van der Waals surface area contributed by atoms with Gasteiger partial charge in [-0.25, -0.2) is 4.98 Å². The molecular formula is C17H29N3S. The van der Waals surface area contributed by atoms with Crippen molar-refractivity contribution in [2.24, 2.45) is 5.92 Å². The molecule has 3 rings (SSSR count). The summed E-state index contributed by atoms with van der Waals surface area (Å²) in [5.74, 6) is 0.929. The molecule has 1 saturated heterocycles. The van der Waals surface area contributed by atoms with E-state index in [9.17, 15) is 0 Å². The molecule has 0 radical (unpaired) electrons. The largest absolute Gasteiger partial charge is 0.345 e. The van der Waals surface area contributed by atoms with Crippen molar-refractivity contribution < 1.29 is 0 Å². The van der Waals surface area contributed by atoms with Gasteiger partial charge in [0.25, 0.3) is 0 Å². The molecule has 2 fully saturated rings. The first-order valence-corrected chi connectivity index (χ1v) is 9.61. The van der Waals surface area contributed by atoms with E-state index in [-0.39, 0.29) is 0 Å². The van der Waals surface area contributed by atoms with Crippen LogP contribution >= 0.6 is 11.3 Å². The van der Waals surface area contributed by atoms with Crippen molar-refractivity contribution in [1.82, 2.24) is 10.3 Å². The summed E-state index contributed by atoms with van der Waals surface area (Å²) in [6.07, 6.45) is 9.56. The second-order valence-corrected chi connectivity index (χ2v) is 7.51. The molecule has 1 atom stereocenters. The van der Waals surface area contributed by atoms with Gasteiger partial charge < -0.3 is 10.2 Å². The van der Waals surface area contributed by atoms with Gasteiger partial charge in [-0.15, -0.1) is 11.3 Å². The average molecular weight is 308 g/mol. The maximum Gasteiger partial charge on any atom is 0.186 e. The SMILES string of the molecule is CCNCc1sc(N2CCCC2C2CCCC2)nc1CC. The van der Waals surface area contributed by atoms with Gasteiger partial charge in [0, 0.05) is 24.0 Å². The second-order valence-electron chi connectivity index (χ2n) is 6.45. The van der Waals surface area contributed by atoms with E-state index >= 15 is 0 Å². The monoisotopic (exact) mass is 307 g/mol. The fourth-order valence-electron chi connectivity index (χ4n) is 4.01. The minimum atomic E-state index is 0.773. The number of hydrogen-bond acceptors (Lipinski definition) is 4. The van der Waals surface area contributed by atoms with Crippen LogP contribution in [0, 0.1) is 5.92 Å². The zero-order valence-corrected chi connectivity index (χ0v) is 14.3. The lowest BCUT2D eigenvalue weighted by Crippen LogP contribution is -2.34. The predicted octanol–water partition coefficient (Wildman–Crippen LogP) is 3.97. The summed E-state index contributed by atoms with van der Waals surface area (Å²) in [4.78, 5) is 9.09. The Bertz CT molecular complexity index is 451. The third-order valence-corrected chi connectivity index (χ3v) is 6.26. The van der Waals surface area contributed by atoms with E-state index in [0.717, 1.165) is 31.5 Å². The lowest BCUT2D eigenvalue weighted by Gasteiger charge is -2.29. The highest BCUT2D eigenvalue weighted by atomic mass is 32.1. The van der Waals surface area contributed by atoms with Crippen LogP contribution in [0.25, 0.3) is 0 Å². The van der Waals surface area contributed by atoms with E-state index in [4.69, 9.17) is 4.98 Å². The molecule has 1 saturated carbocycles.